The monoisotopic (exact) mass is 413 g/mol. The Balaban J connectivity index is 1.61. The highest BCUT2D eigenvalue weighted by Gasteiger charge is 2.21. The smallest absolute Gasteiger partial charge is 0.202 e. The molecule has 7 nitrogen and oxygen atoms in total. The number of aromatic nitrogens is 4. The first-order valence-electron chi connectivity index (χ1n) is 9.03. The van der Waals surface area contributed by atoms with Gasteiger partial charge in [-0.1, -0.05) is 16.9 Å². The van der Waals surface area contributed by atoms with Crippen LogP contribution in [-0.4, -0.2) is 38.9 Å². The van der Waals surface area contributed by atoms with Crippen molar-refractivity contribution >= 4 is 11.8 Å². The van der Waals surface area contributed by atoms with Crippen molar-refractivity contribution in [2.24, 2.45) is 0 Å². The maximum atomic E-state index is 13.4. The molecular formula is C20H20FN5O2S. The highest BCUT2D eigenvalue weighted by atomic mass is 32.2. The molecule has 0 radical (unpaired) electrons. The van der Waals surface area contributed by atoms with Gasteiger partial charge in [-0.3, -0.25) is 9.47 Å². The van der Waals surface area contributed by atoms with Crippen LogP contribution in [0.25, 0.3) is 17.2 Å². The Hall–Kier alpha value is -2.91. The van der Waals surface area contributed by atoms with Gasteiger partial charge in [0.05, 0.1) is 18.0 Å². The normalized spacial score (nSPS) is 12.6. The van der Waals surface area contributed by atoms with E-state index in [9.17, 15) is 4.39 Å². The number of hydrogen-bond donors (Lipinski definition) is 0. The summed E-state index contributed by atoms with van der Waals surface area (Å²) in [5.74, 6) is 2.24. The summed E-state index contributed by atoms with van der Waals surface area (Å²) in [6.07, 6.45) is 1.59. The quantitative estimate of drug-likeness (QED) is 0.411. The van der Waals surface area contributed by atoms with Gasteiger partial charge in [0, 0.05) is 17.5 Å². The summed E-state index contributed by atoms with van der Waals surface area (Å²) < 4.78 is 26.1. The molecule has 1 aromatic carbocycles. The van der Waals surface area contributed by atoms with Crippen molar-refractivity contribution in [3.05, 3.63) is 66.1 Å². The van der Waals surface area contributed by atoms with Crippen molar-refractivity contribution in [3.63, 3.8) is 0 Å². The molecule has 0 aliphatic heterocycles. The molecule has 3 aromatic heterocycles. The number of thioether (sulfide) groups is 1. The van der Waals surface area contributed by atoms with Gasteiger partial charge < -0.3 is 8.94 Å². The summed E-state index contributed by atoms with van der Waals surface area (Å²) in [7, 11) is 3.96. The number of furan rings is 1. The van der Waals surface area contributed by atoms with Gasteiger partial charge in [0.15, 0.2) is 16.7 Å². The van der Waals surface area contributed by atoms with Gasteiger partial charge in [-0.25, -0.2) is 4.39 Å². The van der Waals surface area contributed by atoms with Crippen LogP contribution in [0.2, 0.25) is 0 Å². The summed E-state index contributed by atoms with van der Waals surface area (Å²) in [5, 5.41) is 13.6. The lowest BCUT2D eigenvalue weighted by Crippen LogP contribution is -2.20. The molecule has 0 unspecified atom stereocenters. The fourth-order valence-electron chi connectivity index (χ4n) is 2.76. The number of hydrogen-bond acceptors (Lipinski definition) is 7. The molecule has 9 heteroatoms. The summed E-state index contributed by atoms with van der Waals surface area (Å²) >= 11 is 1.48. The van der Waals surface area contributed by atoms with Crippen LogP contribution in [0.5, 0.6) is 0 Å². The maximum absolute atomic E-state index is 13.4. The largest absolute Gasteiger partial charge is 0.461 e. The van der Waals surface area contributed by atoms with Crippen LogP contribution in [0.1, 0.15) is 24.5 Å². The van der Waals surface area contributed by atoms with Gasteiger partial charge in [0.25, 0.3) is 0 Å². The highest BCUT2D eigenvalue weighted by molar-refractivity contribution is 7.98. The van der Waals surface area contributed by atoms with E-state index in [4.69, 9.17) is 8.94 Å². The van der Waals surface area contributed by atoms with Crippen LogP contribution in [0, 0.1) is 5.82 Å². The molecule has 4 rings (SSSR count). The molecule has 0 aliphatic rings. The molecular weight excluding hydrogens is 393 g/mol. The van der Waals surface area contributed by atoms with E-state index >= 15 is 0 Å². The van der Waals surface area contributed by atoms with Gasteiger partial charge in [-0.05, 0) is 57.4 Å². The lowest BCUT2D eigenvalue weighted by atomic mass is 10.2. The van der Waals surface area contributed by atoms with E-state index in [0.29, 0.717) is 22.4 Å². The second-order valence-electron chi connectivity index (χ2n) is 6.74. The predicted molar refractivity (Wildman–Crippen MR) is 107 cm³/mol. The molecule has 150 valence electrons. The second-order valence-corrected chi connectivity index (χ2v) is 7.68. The Morgan fingerprint density at radius 2 is 1.93 bits per heavy atom. The molecule has 29 heavy (non-hydrogen) atoms. The molecule has 1 atom stereocenters. The number of rotatable bonds is 7. The number of nitrogens with zero attached hydrogens (tertiary/aromatic N) is 5. The maximum Gasteiger partial charge on any atom is 0.202 e. The molecule has 3 heterocycles. The predicted octanol–water partition coefficient (Wildman–Crippen LogP) is 4.57. The van der Waals surface area contributed by atoms with Crippen molar-refractivity contribution < 1.29 is 13.3 Å². The second kappa shape index (κ2) is 8.22. The molecule has 0 aliphatic carbocycles. The van der Waals surface area contributed by atoms with E-state index in [1.165, 1.54) is 23.9 Å². The minimum atomic E-state index is -0.286. The van der Waals surface area contributed by atoms with Crippen LogP contribution in [0.15, 0.2) is 62.8 Å². The Morgan fingerprint density at radius 1 is 1.14 bits per heavy atom. The van der Waals surface area contributed by atoms with Gasteiger partial charge in [-0.15, -0.1) is 10.2 Å². The van der Waals surface area contributed by atoms with Gasteiger partial charge >= 0.3 is 0 Å². The summed E-state index contributed by atoms with van der Waals surface area (Å²) in [6.45, 7) is 2.05. The van der Waals surface area contributed by atoms with Crippen molar-refractivity contribution in [2.45, 2.75) is 23.9 Å². The molecule has 0 bridgehead atoms. The molecule has 0 saturated carbocycles. The van der Waals surface area contributed by atoms with Gasteiger partial charge in [0.1, 0.15) is 5.82 Å². The minimum absolute atomic E-state index is 0.0273. The third-order valence-electron chi connectivity index (χ3n) is 4.56. The van der Waals surface area contributed by atoms with E-state index in [0.717, 1.165) is 17.2 Å². The lowest BCUT2D eigenvalue weighted by Gasteiger charge is -2.20. The Labute approximate surface area is 171 Å². The zero-order valence-electron chi connectivity index (χ0n) is 16.2. The van der Waals surface area contributed by atoms with E-state index in [-0.39, 0.29) is 11.9 Å². The van der Waals surface area contributed by atoms with E-state index in [1.807, 2.05) is 42.6 Å². The highest BCUT2D eigenvalue weighted by Crippen LogP contribution is 2.30. The van der Waals surface area contributed by atoms with Crippen LogP contribution in [-0.2, 0) is 5.75 Å². The van der Waals surface area contributed by atoms with Crippen molar-refractivity contribution in [1.82, 2.24) is 24.8 Å². The fraction of sp³-hybridized carbons (Fsp3) is 0.250. The molecule has 0 N–H and O–H groups in total. The summed E-state index contributed by atoms with van der Waals surface area (Å²) in [5.41, 5.74) is 1.57. The lowest BCUT2D eigenvalue weighted by molar-refractivity contribution is 0.305. The van der Waals surface area contributed by atoms with Gasteiger partial charge in [0.2, 0.25) is 5.76 Å². The minimum Gasteiger partial charge on any atom is -0.461 e. The number of benzene rings is 1. The Bertz CT molecular complexity index is 1070. The molecule has 0 amide bonds. The Morgan fingerprint density at radius 3 is 2.62 bits per heavy atom. The van der Waals surface area contributed by atoms with E-state index in [1.54, 1.807) is 24.5 Å². The van der Waals surface area contributed by atoms with Crippen LogP contribution in [0.4, 0.5) is 4.39 Å². The molecule has 0 saturated heterocycles. The molecule has 4 aromatic rings. The van der Waals surface area contributed by atoms with Crippen molar-refractivity contribution in [3.8, 4) is 17.2 Å². The topological polar surface area (TPSA) is 73.1 Å². The SMILES string of the molecule is C[C@@H](c1nnc(SCc2cc(-c3ccco3)on2)n1-c1ccc(F)cc1)N(C)C. The van der Waals surface area contributed by atoms with Crippen LogP contribution < -0.4 is 0 Å². The number of halogens is 1. The van der Waals surface area contributed by atoms with Crippen LogP contribution >= 0.6 is 11.8 Å². The average molecular weight is 413 g/mol. The molecule has 0 spiro atoms. The standard InChI is InChI=1S/C20H20FN5O2S/c1-13(25(2)3)19-22-23-20(26(19)16-8-6-14(21)7-9-16)29-12-15-11-18(28-24-15)17-5-4-10-27-17/h4-11,13H,12H2,1-3H3/t13-/m0/s1. The first-order valence-corrected chi connectivity index (χ1v) is 10.0. The summed E-state index contributed by atoms with van der Waals surface area (Å²) in [6, 6.07) is 11.8. The third kappa shape index (κ3) is 4.10. The average Bonchev–Trinajstić information content (AvgIpc) is 3.46. The fourth-order valence-corrected chi connectivity index (χ4v) is 3.60. The zero-order chi connectivity index (χ0) is 20.4. The van der Waals surface area contributed by atoms with Crippen molar-refractivity contribution in [1.29, 1.82) is 0 Å². The first-order chi connectivity index (χ1) is 14.0. The van der Waals surface area contributed by atoms with E-state index < -0.39 is 0 Å². The third-order valence-corrected chi connectivity index (χ3v) is 5.53. The molecule has 0 fully saturated rings. The van der Waals surface area contributed by atoms with Gasteiger partial charge in [-0.2, -0.15) is 0 Å². The van der Waals surface area contributed by atoms with E-state index in [2.05, 4.69) is 15.4 Å². The summed E-state index contributed by atoms with van der Waals surface area (Å²) in [4.78, 5) is 2.05. The van der Waals surface area contributed by atoms with Crippen LogP contribution in [0.3, 0.4) is 0 Å². The van der Waals surface area contributed by atoms with Crippen molar-refractivity contribution in [2.75, 3.05) is 14.1 Å². The zero-order valence-corrected chi connectivity index (χ0v) is 17.1. The first kappa shape index (κ1) is 19.4. The Kier molecular flexibility index (Phi) is 5.50.